The molecule has 1 saturated heterocycles. The van der Waals surface area contributed by atoms with Crippen LogP contribution in [0, 0.1) is 6.92 Å². The van der Waals surface area contributed by atoms with Crippen LogP contribution in [0.3, 0.4) is 0 Å². The van der Waals surface area contributed by atoms with Gasteiger partial charge < -0.3 is 20.9 Å². The van der Waals surface area contributed by atoms with Gasteiger partial charge in [0.05, 0.1) is 11.9 Å². The summed E-state index contributed by atoms with van der Waals surface area (Å²) in [4.78, 5) is 18.4. The second-order valence-electron chi connectivity index (χ2n) is 9.48. The highest BCUT2D eigenvalue weighted by atomic mass is 15.3. The smallest absolute Gasteiger partial charge is 0.243 e. The number of nitrogens with zero attached hydrogens (tertiary/aromatic N) is 7. The lowest BCUT2D eigenvalue weighted by molar-refractivity contribution is 0.249. The van der Waals surface area contributed by atoms with E-state index in [0.29, 0.717) is 29.9 Å². The third kappa shape index (κ3) is 5.19. The van der Waals surface area contributed by atoms with E-state index in [0.717, 1.165) is 43.0 Å². The summed E-state index contributed by atoms with van der Waals surface area (Å²) in [6, 6.07) is 3.17. The maximum atomic E-state index is 6.17. The Kier molecular flexibility index (Phi) is 6.97. The number of nitrogens with two attached hydrogens (primary N) is 1. The van der Waals surface area contributed by atoms with Crippen LogP contribution in [0.1, 0.15) is 56.4 Å². The number of aromatic nitrogens is 5. The van der Waals surface area contributed by atoms with Crippen molar-refractivity contribution in [1.82, 2.24) is 29.5 Å². The molecular weight excluding hydrogens is 414 g/mol. The Morgan fingerprint density at radius 2 is 1.97 bits per heavy atom. The van der Waals surface area contributed by atoms with E-state index in [1.807, 2.05) is 12.4 Å². The number of anilines is 3. The normalized spacial score (nSPS) is 16.0. The van der Waals surface area contributed by atoms with E-state index in [-0.39, 0.29) is 6.04 Å². The molecule has 9 nitrogen and oxygen atoms in total. The first-order valence-corrected chi connectivity index (χ1v) is 12.0. The summed E-state index contributed by atoms with van der Waals surface area (Å²) in [5, 5.41) is 8.02. The Hall–Kier alpha value is -2.94. The van der Waals surface area contributed by atoms with E-state index in [2.05, 4.69) is 71.1 Å². The average molecular weight is 452 g/mol. The molecule has 4 rings (SSSR count). The maximum Gasteiger partial charge on any atom is 0.243 e. The standard InChI is InChI=1S/C24H37N9/c1-6-7-17(3)28-24-29-21(25)23-27-15-20(33(23)30-24)13-18-12-16(2)22(26-14-18)32-10-8-19(9-11-32)31(4)5/h12,14-15,17,19H,6-11,13H2,1-5H3,(H3,25,28,29,30). The van der Waals surface area contributed by atoms with Crippen molar-refractivity contribution in [3.8, 4) is 0 Å². The Balaban J connectivity index is 1.51. The second kappa shape index (κ2) is 9.91. The number of rotatable bonds is 8. The van der Waals surface area contributed by atoms with Gasteiger partial charge in [-0.05, 0) is 58.3 Å². The summed E-state index contributed by atoms with van der Waals surface area (Å²) >= 11 is 0. The third-order valence-electron chi connectivity index (χ3n) is 6.54. The molecule has 0 bridgehead atoms. The van der Waals surface area contributed by atoms with Crippen molar-refractivity contribution in [2.75, 3.05) is 43.1 Å². The molecule has 9 heteroatoms. The number of pyridine rings is 1. The van der Waals surface area contributed by atoms with Gasteiger partial charge in [-0.1, -0.05) is 19.4 Å². The summed E-state index contributed by atoms with van der Waals surface area (Å²) in [6.45, 7) is 8.53. The molecule has 0 saturated carbocycles. The van der Waals surface area contributed by atoms with Gasteiger partial charge in [0, 0.05) is 37.8 Å². The van der Waals surface area contributed by atoms with Gasteiger partial charge in [0.2, 0.25) is 5.95 Å². The highest BCUT2D eigenvalue weighted by Crippen LogP contribution is 2.25. The minimum atomic E-state index is 0.279. The van der Waals surface area contributed by atoms with Crippen molar-refractivity contribution in [1.29, 1.82) is 0 Å². The Morgan fingerprint density at radius 3 is 2.64 bits per heavy atom. The van der Waals surface area contributed by atoms with Crippen LogP contribution in [0.15, 0.2) is 18.5 Å². The zero-order valence-electron chi connectivity index (χ0n) is 20.5. The number of nitrogen functional groups attached to an aromatic ring is 1. The fourth-order valence-electron chi connectivity index (χ4n) is 4.71. The molecule has 1 fully saturated rings. The van der Waals surface area contributed by atoms with Gasteiger partial charge in [-0.3, -0.25) is 0 Å². The van der Waals surface area contributed by atoms with Crippen molar-refractivity contribution < 1.29 is 0 Å². The quantitative estimate of drug-likeness (QED) is 0.539. The largest absolute Gasteiger partial charge is 0.380 e. The number of piperidine rings is 1. The van der Waals surface area contributed by atoms with Crippen LogP contribution in [-0.2, 0) is 6.42 Å². The lowest BCUT2D eigenvalue weighted by Gasteiger charge is -2.36. The molecule has 1 aliphatic heterocycles. The minimum Gasteiger partial charge on any atom is -0.380 e. The van der Waals surface area contributed by atoms with Crippen LogP contribution < -0.4 is 16.0 Å². The Morgan fingerprint density at radius 1 is 1.21 bits per heavy atom. The molecule has 0 aromatic carbocycles. The molecule has 4 heterocycles. The molecular formula is C24H37N9. The summed E-state index contributed by atoms with van der Waals surface area (Å²) < 4.78 is 1.80. The zero-order valence-corrected chi connectivity index (χ0v) is 20.5. The zero-order chi connectivity index (χ0) is 23.5. The molecule has 1 unspecified atom stereocenters. The number of imidazole rings is 1. The van der Waals surface area contributed by atoms with Gasteiger partial charge >= 0.3 is 0 Å². The van der Waals surface area contributed by atoms with E-state index < -0.39 is 0 Å². The van der Waals surface area contributed by atoms with Gasteiger partial charge in [0.25, 0.3) is 0 Å². The summed E-state index contributed by atoms with van der Waals surface area (Å²) in [6.07, 6.45) is 8.97. The molecule has 33 heavy (non-hydrogen) atoms. The van der Waals surface area contributed by atoms with Gasteiger partial charge in [0.1, 0.15) is 5.82 Å². The molecule has 0 amide bonds. The first-order valence-electron chi connectivity index (χ1n) is 12.0. The predicted molar refractivity (Wildman–Crippen MR) is 134 cm³/mol. The van der Waals surface area contributed by atoms with Gasteiger partial charge in [0.15, 0.2) is 11.5 Å². The number of hydrogen-bond acceptors (Lipinski definition) is 8. The minimum absolute atomic E-state index is 0.279. The third-order valence-corrected chi connectivity index (χ3v) is 6.54. The fourth-order valence-corrected chi connectivity index (χ4v) is 4.71. The lowest BCUT2D eigenvalue weighted by atomic mass is 10.0. The SMILES string of the molecule is CCCC(C)Nc1nc(N)c2ncc(Cc3cnc(N4CCC(N(C)C)CC4)c(C)c3)n2n1. The average Bonchev–Trinajstić information content (AvgIpc) is 3.17. The summed E-state index contributed by atoms with van der Waals surface area (Å²) in [7, 11) is 4.34. The molecule has 178 valence electrons. The molecule has 3 N–H and O–H groups in total. The number of fused-ring (bicyclic) bond motifs is 1. The Labute approximate surface area is 196 Å². The first-order chi connectivity index (χ1) is 15.9. The Bertz CT molecular complexity index is 1080. The van der Waals surface area contributed by atoms with E-state index in [1.165, 1.54) is 18.4 Å². The van der Waals surface area contributed by atoms with E-state index in [4.69, 9.17) is 10.7 Å². The fraction of sp³-hybridized carbons (Fsp3) is 0.583. The highest BCUT2D eigenvalue weighted by Gasteiger charge is 2.22. The molecule has 0 aliphatic carbocycles. The van der Waals surface area contributed by atoms with E-state index in [1.54, 1.807) is 4.52 Å². The first kappa shape index (κ1) is 23.2. The van der Waals surface area contributed by atoms with Crippen LogP contribution in [0.25, 0.3) is 5.65 Å². The number of hydrogen-bond donors (Lipinski definition) is 2. The molecule has 0 radical (unpaired) electrons. The maximum absolute atomic E-state index is 6.17. The van der Waals surface area contributed by atoms with Crippen LogP contribution in [0.5, 0.6) is 0 Å². The van der Waals surface area contributed by atoms with Crippen molar-refractivity contribution >= 4 is 23.2 Å². The lowest BCUT2D eigenvalue weighted by Crippen LogP contribution is -2.42. The molecule has 3 aromatic heterocycles. The van der Waals surface area contributed by atoms with Crippen LogP contribution >= 0.6 is 0 Å². The summed E-state index contributed by atoms with van der Waals surface area (Å²) in [5.41, 5.74) is 10.1. The van der Waals surface area contributed by atoms with Crippen LogP contribution in [-0.4, -0.2) is 68.7 Å². The van der Waals surface area contributed by atoms with Crippen LogP contribution in [0.2, 0.25) is 0 Å². The molecule has 1 atom stereocenters. The van der Waals surface area contributed by atoms with Crippen molar-refractivity contribution in [2.45, 2.75) is 65.0 Å². The van der Waals surface area contributed by atoms with E-state index in [9.17, 15) is 0 Å². The van der Waals surface area contributed by atoms with Gasteiger partial charge in [-0.2, -0.15) is 4.98 Å². The van der Waals surface area contributed by atoms with Gasteiger partial charge in [-0.15, -0.1) is 5.10 Å². The second-order valence-corrected chi connectivity index (χ2v) is 9.48. The molecule has 0 spiro atoms. The topological polar surface area (TPSA) is 100 Å². The number of nitrogens with one attached hydrogen (secondary N) is 1. The predicted octanol–water partition coefficient (Wildman–Crippen LogP) is 3.13. The van der Waals surface area contributed by atoms with E-state index >= 15 is 0 Å². The highest BCUT2D eigenvalue weighted by molar-refractivity contribution is 5.61. The van der Waals surface area contributed by atoms with Crippen molar-refractivity contribution in [2.24, 2.45) is 0 Å². The molecule has 3 aromatic rings. The van der Waals surface area contributed by atoms with Gasteiger partial charge in [-0.25, -0.2) is 14.5 Å². The monoisotopic (exact) mass is 451 g/mol. The van der Waals surface area contributed by atoms with Crippen LogP contribution in [0.4, 0.5) is 17.6 Å². The number of aryl methyl sites for hydroxylation is 1. The summed E-state index contributed by atoms with van der Waals surface area (Å²) in [5.74, 6) is 2.01. The van der Waals surface area contributed by atoms with Crippen molar-refractivity contribution in [3.05, 3.63) is 35.3 Å². The van der Waals surface area contributed by atoms with Crippen molar-refractivity contribution in [3.63, 3.8) is 0 Å². The molecule has 1 aliphatic rings.